The van der Waals surface area contributed by atoms with E-state index in [1.165, 1.54) is 31.2 Å². The van der Waals surface area contributed by atoms with Gasteiger partial charge in [-0.05, 0) is 61.4 Å². The van der Waals surface area contributed by atoms with Gasteiger partial charge in [0.25, 0.3) is 11.8 Å². The molecule has 0 bridgehead atoms. The van der Waals surface area contributed by atoms with Crippen LogP contribution in [-0.2, 0) is 11.2 Å². The zero-order chi connectivity index (χ0) is 21.9. The second kappa shape index (κ2) is 9.28. The Morgan fingerprint density at radius 3 is 2.53 bits per heavy atom. The van der Waals surface area contributed by atoms with Gasteiger partial charge in [-0.15, -0.1) is 10.2 Å². The van der Waals surface area contributed by atoms with Crippen molar-refractivity contribution < 1.29 is 18.6 Å². The van der Waals surface area contributed by atoms with E-state index >= 15 is 0 Å². The zero-order valence-corrected chi connectivity index (χ0v) is 18.7. The molecule has 7 heteroatoms. The van der Waals surface area contributed by atoms with Crippen molar-refractivity contribution in [2.24, 2.45) is 5.92 Å². The van der Waals surface area contributed by atoms with Crippen molar-refractivity contribution in [1.29, 1.82) is 0 Å². The first-order valence-corrected chi connectivity index (χ1v) is 11.5. The van der Waals surface area contributed by atoms with Gasteiger partial charge < -0.3 is 18.6 Å². The van der Waals surface area contributed by atoms with Crippen LogP contribution in [0.15, 0.2) is 34.9 Å². The van der Waals surface area contributed by atoms with E-state index in [0.29, 0.717) is 42.4 Å². The second-order valence-electron chi connectivity index (χ2n) is 8.59. The van der Waals surface area contributed by atoms with Crippen LogP contribution in [-0.4, -0.2) is 41.1 Å². The summed E-state index contributed by atoms with van der Waals surface area (Å²) >= 11 is 0. The third-order valence-electron chi connectivity index (χ3n) is 6.25. The number of nitrogens with zero attached hydrogens (tertiary/aromatic N) is 3. The quantitative estimate of drug-likeness (QED) is 0.437. The maximum absolute atomic E-state index is 6.16. The van der Waals surface area contributed by atoms with E-state index in [4.69, 9.17) is 18.6 Å². The third-order valence-corrected chi connectivity index (χ3v) is 6.25. The molecule has 0 N–H and O–H groups in total. The summed E-state index contributed by atoms with van der Waals surface area (Å²) in [6.45, 7) is 6.15. The average molecular weight is 436 g/mol. The van der Waals surface area contributed by atoms with E-state index in [-0.39, 0.29) is 6.10 Å². The summed E-state index contributed by atoms with van der Waals surface area (Å²) in [5.74, 6) is 2.74. The number of benzene rings is 1. The monoisotopic (exact) mass is 435 g/mol. The minimum Gasteiger partial charge on any atom is -0.490 e. The Hall–Kier alpha value is -2.93. The Balaban J connectivity index is 1.43. The van der Waals surface area contributed by atoms with Crippen molar-refractivity contribution in [2.45, 2.75) is 52.1 Å². The lowest BCUT2D eigenvalue weighted by molar-refractivity contribution is 0.244. The van der Waals surface area contributed by atoms with Crippen LogP contribution in [0.1, 0.15) is 43.7 Å². The van der Waals surface area contributed by atoms with Gasteiger partial charge in [0.05, 0.1) is 18.8 Å². The number of pyridine rings is 1. The van der Waals surface area contributed by atoms with E-state index in [1.54, 1.807) is 6.20 Å². The molecule has 2 aliphatic rings. The minimum absolute atomic E-state index is 0.168. The molecule has 0 amide bonds. The molecule has 1 saturated carbocycles. The van der Waals surface area contributed by atoms with Gasteiger partial charge in [-0.1, -0.05) is 25.8 Å². The highest BCUT2D eigenvalue weighted by molar-refractivity contribution is 5.68. The fourth-order valence-electron chi connectivity index (χ4n) is 4.32. The lowest BCUT2D eigenvalue weighted by atomic mass is 10.0. The first kappa shape index (κ1) is 20.9. The SMILES string of the molecule is CCc1c(C)ccc(-c2nnc(-c3cccnc3OCC3CCCC3)o2)c1OC[C@@H]1CO1. The Bertz CT molecular complexity index is 1070. The van der Waals surface area contributed by atoms with Crippen LogP contribution in [0.3, 0.4) is 0 Å². The van der Waals surface area contributed by atoms with E-state index in [9.17, 15) is 0 Å². The van der Waals surface area contributed by atoms with Crippen LogP contribution < -0.4 is 9.47 Å². The molecule has 3 aromatic rings. The normalized spacial score (nSPS) is 18.1. The largest absolute Gasteiger partial charge is 0.490 e. The molecule has 3 heterocycles. The van der Waals surface area contributed by atoms with E-state index in [0.717, 1.165) is 29.9 Å². The van der Waals surface area contributed by atoms with Gasteiger partial charge in [0.2, 0.25) is 5.88 Å². The standard InChI is InChI=1S/C25H29N3O4/c1-3-19-16(2)10-11-20(22(19)30-15-18-14-29-18)24-27-28-25(32-24)21-9-6-12-26-23(21)31-13-17-7-4-5-8-17/h6,9-12,17-18H,3-5,7-8,13-15H2,1-2H3/t18-/m0/s1. The van der Waals surface area contributed by atoms with Crippen LogP contribution >= 0.6 is 0 Å². The molecule has 1 saturated heterocycles. The van der Waals surface area contributed by atoms with Crippen LogP contribution in [0.2, 0.25) is 0 Å². The highest BCUT2D eigenvalue weighted by Gasteiger charge is 2.26. The van der Waals surface area contributed by atoms with Crippen LogP contribution in [0.4, 0.5) is 0 Å². The van der Waals surface area contributed by atoms with Crippen molar-refractivity contribution in [3.05, 3.63) is 41.6 Å². The highest BCUT2D eigenvalue weighted by atomic mass is 16.6. The van der Waals surface area contributed by atoms with E-state index < -0.39 is 0 Å². The fraction of sp³-hybridized carbons (Fsp3) is 0.480. The average Bonchev–Trinajstić information content (AvgIpc) is 3.27. The molecule has 1 aliphatic heterocycles. The molecule has 2 aromatic heterocycles. The molecule has 0 unspecified atom stereocenters. The summed E-state index contributed by atoms with van der Waals surface area (Å²) in [4.78, 5) is 4.42. The highest BCUT2D eigenvalue weighted by Crippen LogP contribution is 2.37. The Kier molecular flexibility index (Phi) is 6.08. The molecule has 32 heavy (non-hydrogen) atoms. The molecule has 1 atom stereocenters. The molecule has 5 rings (SSSR count). The number of aromatic nitrogens is 3. The molecule has 0 radical (unpaired) electrons. The van der Waals surface area contributed by atoms with Gasteiger partial charge in [-0.25, -0.2) is 4.98 Å². The number of ether oxygens (including phenoxy) is 3. The lowest BCUT2D eigenvalue weighted by Gasteiger charge is -2.15. The number of aryl methyl sites for hydroxylation is 1. The summed E-state index contributed by atoms with van der Waals surface area (Å²) in [5.41, 5.74) is 3.83. The molecule has 0 spiro atoms. The van der Waals surface area contributed by atoms with Crippen molar-refractivity contribution in [2.75, 3.05) is 19.8 Å². The summed E-state index contributed by atoms with van der Waals surface area (Å²) in [5, 5.41) is 8.65. The van der Waals surface area contributed by atoms with Gasteiger partial charge in [0.1, 0.15) is 24.0 Å². The zero-order valence-electron chi connectivity index (χ0n) is 18.7. The third kappa shape index (κ3) is 4.48. The van der Waals surface area contributed by atoms with Crippen molar-refractivity contribution in [3.63, 3.8) is 0 Å². The van der Waals surface area contributed by atoms with E-state index in [1.807, 2.05) is 18.2 Å². The summed E-state index contributed by atoms with van der Waals surface area (Å²) in [7, 11) is 0. The molecule has 2 fully saturated rings. The Morgan fingerprint density at radius 2 is 1.78 bits per heavy atom. The molecular weight excluding hydrogens is 406 g/mol. The topological polar surface area (TPSA) is 82.8 Å². The Morgan fingerprint density at radius 1 is 1.00 bits per heavy atom. The predicted octanol–water partition coefficient (Wildman–Crippen LogP) is 5.02. The lowest BCUT2D eigenvalue weighted by Crippen LogP contribution is -2.09. The molecule has 168 valence electrons. The van der Waals surface area contributed by atoms with Gasteiger partial charge in [0, 0.05) is 6.20 Å². The van der Waals surface area contributed by atoms with Gasteiger partial charge >= 0.3 is 0 Å². The maximum Gasteiger partial charge on any atom is 0.253 e. The Labute approximate surface area is 188 Å². The maximum atomic E-state index is 6.16. The van der Waals surface area contributed by atoms with Gasteiger partial charge in [0.15, 0.2) is 0 Å². The minimum atomic E-state index is 0.168. The second-order valence-corrected chi connectivity index (χ2v) is 8.59. The van der Waals surface area contributed by atoms with Crippen molar-refractivity contribution in [1.82, 2.24) is 15.2 Å². The van der Waals surface area contributed by atoms with Crippen LogP contribution in [0, 0.1) is 12.8 Å². The first-order valence-electron chi connectivity index (χ1n) is 11.5. The number of epoxide rings is 1. The molecular formula is C25H29N3O4. The number of hydrogen-bond acceptors (Lipinski definition) is 7. The van der Waals surface area contributed by atoms with Crippen LogP contribution in [0.5, 0.6) is 11.6 Å². The van der Waals surface area contributed by atoms with Gasteiger partial charge in [-0.2, -0.15) is 0 Å². The first-order chi connectivity index (χ1) is 15.7. The van der Waals surface area contributed by atoms with Crippen molar-refractivity contribution in [3.8, 4) is 34.5 Å². The van der Waals surface area contributed by atoms with Crippen LogP contribution in [0.25, 0.3) is 22.9 Å². The summed E-state index contributed by atoms with van der Waals surface area (Å²) in [6.07, 6.45) is 7.74. The predicted molar refractivity (Wildman–Crippen MR) is 120 cm³/mol. The van der Waals surface area contributed by atoms with Gasteiger partial charge in [-0.3, -0.25) is 0 Å². The fourth-order valence-corrected chi connectivity index (χ4v) is 4.32. The summed E-state index contributed by atoms with van der Waals surface area (Å²) < 4.78 is 23.7. The molecule has 7 nitrogen and oxygen atoms in total. The molecule has 1 aromatic carbocycles. The number of hydrogen-bond donors (Lipinski definition) is 0. The van der Waals surface area contributed by atoms with Crippen molar-refractivity contribution >= 4 is 0 Å². The summed E-state index contributed by atoms with van der Waals surface area (Å²) in [6, 6.07) is 7.81. The smallest absolute Gasteiger partial charge is 0.253 e. The number of rotatable bonds is 9. The molecule has 1 aliphatic carbocycles. The van der Waals surface area contributed by atoms with E-state index in [2.05, 4.69) is 35.1 Å².